The van der Waals surface area contributed by atoms with Gasteiger partial charge in [0.05, 0.1) is 13.7 Å². The zero-order valence-electron chi connectivity index (χ0n) is 15.9. The van der Waals surface area contributed by atoms with Crippen molar-refractivity contribution in [3.8, 4) is 17.2 Å². The number of carbonyl (C=O) groups excluding carboxylic acids is 2. The molecule has 2 aromatic rings. The van der Waals surface area contributed by atoms with Gasteiger partial charge in [-0.2, -0.15) is 0 Å². The number of nitrogens with one attached hydrogen (secondary N) is 1. The molecule has 2 heterocycles. The molecule has 1 saturated heterocycles. The van der Waals surface area contributed by atoms with Crippen molar-refractivity contribution in [3.05, 3.63) is 53.6 Å². The van der Waals surface area contributed by atoms with Gasteiger partial charge in [-0.25, -0.2) is 4.79 Å². The highest BCUT2D eigenvalue weighted by Gasteiger charge is 2.47. The number of benzene rings is 2. The third-order valence-corrected chi connectivity index (χ3v) is 5.20. The van der Waals surface area contributed by atoms with Crippen LogP contribution in [-0.4, -0.2) is 36.3 Å². The number of imide groups is 1. The number of fused-ring (bicyclic) bond motifs is 1. The second-order valence-electron chi connectivity index (χ2n) is 7.19. The Labute approximate surface area is 163 Å². The molecule has 0 saturated carbocycles. The molecule has 7 heteroatoms. The number of nitrogens with zero attached hydrogens (tertiary/aromatic N) is 1. The van der Waals surface area contributed by atoms with Crippen LogP contribution in [0.25, 0.3) is 0 Å². The number of carbonyl (C=O) groups is 2. The van der Waals surface area contributed by atoms with E-state index in [2.05, 4.69) is 5.32 Å². The lowest BCUT2D eigenvalue weighted by Gasteiger charge is -2.21. The first-order valence-corrected chi connectivity index (χ1v) is 9.14. The Morgan fingerprint density at radius 1 is 1.07 bits per heavy atom. The molecular weight excluding hydrogens is 360 g/mol. The molecule has 146 valence electrons. The number of rotatable bonds is 6. The van der Waals surface area contributed by atoms with Crippen molar-refractivity contribution in [2.75, 3.05) is 13.9 Å². The maximum absolute atomic E-state index is 13.0. The fraction of sp³-hybridized carbons (Fsp3) is 0.333. The molecule has 0 bridgehead atoms. The molecule has 1 N–H and O–H groups in total. The molecule has 2 aliphatic rings. The van der Waals surface area contributed by atoms with E-state index in [-0.39, 0.29) is 25.3 Å². The smallest absolute Gasteiger partial charge is 0.325 e. The van der Waals surface area contributed by atoms with E-state index in [1.165, 1.54) is 4.90 Å². The standard InChI is InChI=1S/C21H22N2O5/c1-21(10-9-14-3-6-16(26-2)7-4-14)19(24)23(20(25)22-21)12-15-5-8-17-18(11-15)28-13-27-17/h3-8,11H,9-10,12-13H2,1-2H3,(H,22,25)/t21-/m0/s1. The number of hydrogen-bond acceptors (Lipinski definition) is 5. The SMILES string of the molecule is COc1ccc(CC[C@]2(C)NC(=O)N(Cc3ccc4c(c3)OCO4)C2=O)cc1. The summed E-state index contributed by atoms with van der Waals surface area (Å²) in [6.45, 7) is 2.15. The number of methoxy groups -OCH3 is 1. The van der Waals surface area contributed by atoms with Crippen molar-refractivity contribution >= 4 is 11.9 Å². The molecule has 3 amide bonds. The lowest BCUT2D eigenvalue weighted by atomic mass is 9.93. The van der Waals surface area contributed by atoms with Crippen molar-refractivity contribution < 1.29 is 23.8 Å². The van der Waals surface area contributed by atoms with Crippen molar-refractivity contribution in [2.45, 2.75) is 31.8 Å². The minimum atomic E-state index is -0.923. The first-order valence-electron chi connectivity index (χ1n) is 9.14. The summed E-state index contributed by atoms with van der Waals surface area (Å²) in [5.74, 6) is 1.87. The van der Waals surface area contributed by atoms with Crippen molar-refractivity contribution in [3.63, 3.8) is 0 Å². The Hall–Kier alpha value is -3.22. The molecule has 2 aliphatic heterocycles. The van der Waals surface area contributed by atoms with Gasteiger partial charge in [-0.3, -0.25) is 9.69 Å². The number of aryl methyl sites for hydroxylation is 1. The van der Waals surface area contributed by atoms with Crippen LogP contribution in [0.3, 0.4) is 0 Å². The van der Waals surface area contributed by atoms with Crippen LogP contribution in [-0.2, 0) is 17.8 Å². The highest BCUT2D eigenvalue weighted by molar-refractivity contribution is 6.06. The van der Waals surface area contributed by atoms with Crippen molar-refractivity contribution in [1.82, 2.24) is 10.2 Å². The van der Waals surface area contributed by atoms with Crippen LogP contribution in [0, 0.1) is 0 Å². The van der Waals surface area contributed by atoms with E-state index >= 15 is 0 Å². The van der Waals surface area contributed by atoms with E-state index in [0.717, 1.165) is 16.9 Å². The fourth-order valence-corrected chi connectivity index (χ4v) is 3.47. The number of amides is 3. The lowest BCUT2D eigenvalue weighted by Crippen LogP contribution is -2.44. The Balaban J connectivity index is 1.43. The summed E-state index contributed by atoms with van der Waals surface area (Å²) in [4.78, 5) is 26.7. The average Bonchev–Trinajstić information content (AvgIpc) is 3.25. The van der Waals surface area contributed by atoms with E-state index in [1.54, 1.807) is 26.2 Å². The Bertz CT molecular complexity index is 912. The third-order valence-electron chi connectivity index (χ3n) is 5.20. The third kappa shape index (κ3) is 3.35. The Morgan fingerprint density at radius 3 is 2.54 bits per heavy atom. The van der Waals surface area contributed by atoms with Gasteiger partial charge in [-0.05, 0) is 55.2 Å². The second kappa shape index (κ2) is 7.07. The second-order valence-corrected chi connectivity index (χ2v) is 7.19. The molecule has 0 aromatic heterocycles. The summed E-state index contributed by atoms with van der Waals surface area (Å²) in [5, 5.41) is 2.85. The molecular formula is C21H22N2O5. The van der Waals surface area contributed by atoms with E-state index in [0.29, 0.717) is 24.3 Å². The largest absolute Gasteiger partial charge is 0.497 e. The minimum absolute atomic E-state index is 0.186. The van der Waals surface area contributed by atoms with Gasteiger partial charge in [0, 0.05) is 0 Å². The van der Waals surface area contributed by atoms with Gasteiger partial charge in [0.1, 0.15) is 11.3 Å². The van der Waals surface area contributed by atoms with E-state index in [4.69, 9.17) is 14.2 Å². The van der Waals surface area contributed by atoms with Crippen LogP contribution in [0.1, 0.15) is 24.5 Å². The van der Waals surface area contributed by atoms with E-state index < -0.39 is 5.54 Å². The van der Waals surface area contributed by atoms with Crippen LogP contribution in [0.2, 0.25) is 0 Å². The molecule has 7 nitrogen and oxygen atoms in total. The number of ether oxygens (including phenoxy) is 3. The summed E-state index contributed by atoms with van der Waals surface area (Å²) in [7, 11) is 1.62. The van der Waals surface area contributed by atoms with Gasteiger partial charge in [-0.1, -0.05) is 18.2 Å². The summed E-state index contributed by atoms with van der Waals surface area (Å²) in [6.07, 6.45) is 1.19. The lowest BCUT2D eigenvalue weighted by molar-refractivity contribution is -0.131. The molecule has 2 aromatic carbocycles. The average molecular weight is 382 g/mol. The van der Waals surface area contributed by atoms with Gasteiger partial charge >= 0.3 is 6.03 Å². The van der Waals surface area contributed by atoms with Crippen LogP contribution in [0.5, 0.6) is 17.2 Å². The molecule has 0 unspecified atom stereocenters. The summed E-state index contributed by atoms with van der Waals surface area (Å²) in [6, 6.07) is 12.8. The molecule has 4 rings (SSSR count). The fourth-order valence-electron chi connectivity index (χ4n) is 3.47. The van der Waals surface area contributed by atoms with Gasteiger partial charge < -0.3 is 19.5 Å². The van der Waals surface area contributed by atoms with E-state index in [1.807, 2.05) is 30.3 Å². The summed E-state index contributed by atoms with van der Waals surface area (Å²) >= 11 is 0. The quantitative estimate of drug-likeness (QED) is 0.778. The predicted octanol–water partition coefficient (Wildman–Crippen LogP) is 2.87. The maximum atomic E-state index is 13.0. The summed E-state index contributed by atoms with van der Waals surface area (Å²) in [5.41, 5.74) is 0.971. The van der Waals surface area contributed by atoms with E-state index in [9.17, 15) is 9.59 Å². The monoisotopic (exact) mass is 382 g/mol. The van der Waals surface area contributed by atoms with Gasteiger partial charge in [0.25, 0.3) is 5.91 Å². The highest BCUT2D eigenvalue weighted by Crippen LogP contribution is 2.33. The van der Waals surface area contributed by atoms with Gasteiger partial charge in [0.15, 0.2) is 11.5 Å². The molecule has 1 fully saturated rings. The van der Waals surface area contributed by atoms with Gasteiger partial charge in [-0.15, -0.1) is 0 Å². The minimum Gasteiger partial charge on any atom is -0.497 e. The van der Waals surface area contributed by atoms with Crippen LogP contribution >= 0.6 is 0 Å². The first kappa shape index (κ1) is 18.2. The first-order chi connectivity index (χ1) is 13.5. The molecule has 0 aliphatic carbocycles. The predicted molar refractivity (Wildman–Crippen MR) is 101 cm³/mol. The molecule has 28 heavy (non-hydrogen) atoms. The van der Waals surface area contributed by atoms with Gasteiger partial charge in [0.2, 0.25) is 6.79 Å². The van der Waals surface area contributed by atoms with Crippen molar-refractivity contribution in [2.24, 2.45) is 0 Å². The Morgan fingerprint density at radius 2 is 1.79 bits per heavy atom. The maximum Gasteiger partial charge on any atom is 0.325 e. The normalized spacial score (nSPS) is 20.4. The molecule has 1 atom stereocenters. The Kier molecular flexibility index (Phi) is 4.58. The zero-order chi connectivity index (χ0) is 19.7. The summed E-state index contributed by atoms with van der Waals surface area (Å²) < 4.78 is 15.8. The highest BCUT2D eigenvalue weighted by atomic mass is 16.7. The van der Waals surface area contributed by atoms with Crippen LogP contribution < -0.4 is 19.5 Å². The van der Waals surface area contributed by atoms with Crippen molar-refractivity contribution in [1.29, 1.82) is 0 Å². The zero-order valence-corrected chi connectivity index (χ0v) is 15.9. The van der Waals surface area contributed by atoms with Crippen LogP contribution in [0.15, 0.2) is 42.5 Å². The number of hydrogen-bond donors (Lipinski definition) is 1. The topological polar surface area (TPSA) is 77.1 Å². The number of urea groups is 1. The van der Waals surface area contributed by atoms with Crippen LogP contribution in [0.4, 0.5) is 4.79 Å². The molecule has 0 radical (unpaired) electrons. The molecule has 0 spiro atoms.